The molecule has 1 aromatic heterocycles. The van der Waals surface area contributed by atoms with Crippen LogP contribution < -0.4 is 10.6 Å². The Kier molecular flexibility index (Phi) is 5.64. The number of urea groups is 1. The molecule has 1 heterocycles. The van der Waals surface area contributed by atoms with Gasteiger partial charge < -0.3 is 10.6 Å². The third kappa shape index (κ3) is 5.14. The van der Waals surface area contributed by atoms with E-state index in [1.807, 2.05) is 35.1 Å². The van der Waals surface area contributed by atoms with Crippen molar-refractivity contribution in [2.75, 3.05) is 13.1 Å². The van der Waals surface area contributed by atoms with Crippen LogP contribution in [-0.4, -0.2) is 28.9 Å². The smallest absolute Gasteiger partial charge is 0.314 e. The summed E-state index contributed by atoms with van der Waals surface area (Å²) < 4.78 is 1.86. The Balaban J connectivity index is 1.52. The lowest BCUT2D eigenvalue weighted by molar-refractivity contribution is 0.240. The Bertz CT molecular complexity index is 496. The van der Waals surface area contributed by atoms with E-state index in [1.54, 1.807) is 6.20 Å². The van der Waals surface area contributed by atoms with Crippen molar-refractivity contribution in [1.82, 2.24) is 20.4 Å². The predicted molar refractivity (Wildman–Crippen MR) is 78.4 cm³/mol. The molecule has 0 spiro atoms. The van der Waals surface area contributed by atoms with Crippen LogP contribution in [0, 0.1) is 0 Å². The summed E-state index contributed by atoms with van der Waals surface area (Å²) in [6.45, 7) is 2.11. The number of benzene rings is 1. The highest BCUT2D eigenvalue weighted by atomic mass is 16.2. The van der Waals surface area contributed by atoms with Crippen molar-refractivity contribution < 1.29 is 4.79 Å². The number of carbonyl (C=O) groups is 1. The molecule has 20 heavy (non-hydrogen) atoms. The molecule has 0 saturated heterocycles. The zero-order valence-corrected chi connectivity index (χ0v) is 11.5. The van der Waals surface area contributed by atoms with Crippen LogP contribution in [-0.2, 0) is 13.0 Å². The van der Waals surface area contributed by atoms with Gasteiger partial charge >= 0.3 is 6.03 Å². The van der Waals surface area contributed by atoms with Gasteiger partial charge in [-0.15, -0.1) is 0 Å². The van der Waals surface area contributed by atoms with Crippen LogP contribution in [0.2, 0.25) is 0 Å². The minimum Gasteiger partial charge on any atom is -0.338 e. The molecule has 0 bridgehead atoms. The van der Waals surface area contributed by atoms with Crippen molar-refractivity contribution in [1.29, 1.82) is 0 Å². The summed E-state index contributed by atoms with van der Waals surface area (Å²) in [5, 5.41) is 9.80. The number of hydrogen-bond donors (Lipinski definition) is 2. The maximum atomic E-state index is 11.5. The largest absolute Gasteiger partial charge is 0.338 e. The average molecular weight is 272 g/mol. The van der Waals surface area contributed by atoms with E-state index in [4.69, 9.17) is 0 Å². The van der Waals surface area contributed by atoms with E-state index in [1.165, 1.54) is 5.56 Å². The zero-order chi connectivity index (χ0) is 14.0. The number of aryl methyl sites for hydroxylation is 1. The summed E-state index contributed by atoms with van der Waals surface area (Å²) in [5.74, 6) is 0. The van der Waals surface area contributed by atoms with E-state index >= 15 is 0 Å². The van der Waals surface area contributed by atoms with Crippen molar-refractivity contribution in [3.8, 4) is 0 Å². The zero-order valence-electron chi connectivity index (χ0n) is 11.5. The fourth-order valence-corrected chi connectivity index (χ4v) is 1.90. The van der Waals surface area contributed by atoms with E-state index in [0.717, 1.165) is 19.4 Å². The van der Waals surface area contributed by atoms with Gasteiger partial charge in [-0.1, -0.05) is 30.3 Å². The molecule has 2 amide bonds. The van der Waals surface area contributed by atoms with Gasteiger partial charge in [0.2, 0.25) is 0 Å². The molecule has 0 saturated carbocycles. The number of amides is 2. The first-order valence-corrected chi connectivity index (χ1v) is 6.87. The highest BCUT2D eigenvalue weighted by Gasteiger charge is 1.99. The predicted octanol–water partition coefficient (Wildman–Crippen LogP) is 1.82. The summed E-state index contributed by atoms with van der Waals surface area (Å²) in [4.78, 5) is 11.5. The van der Waals surface area contributed by atoms with Crippen LogP contribution in [0.1, 0.15) is 12.0 Å². The molecule has 0 unspecified atom stereocenters. The van der Waals surface area contributed by atoms with Crippen LogP contribution in [0.5, 0.6) is 0 Å². The van der Waals surface area contributed by atoms with Gasteiger partial charge in [0.25, 0.3) is 0 Å². The molecule has 0 aliphatic rings. The molecule has 1 aromatic carbocycles. The lowest BCUT2D eigenvalue weighted by atomic mass is 10.1. The maximum absolute atomic E-state index is 11.5. The highest BCUT2D eigenvalue weighted by molar-refractivity contribution is 5.73. The second-order valence-corrected chi connectivity index (χ2v) is 4.54. The molecule has 0 atom stereocenters. The second-order valence-electron chi connectivity index (χ2n) is 4.54. The number of hydrogen-bond acceptors (Lipinski definition) is 2. The van der Waals surface area contributed by atoms with Gasteiger partial charge in [-0.2, -0.15) is 5.10 Å². The first-order chi connectivity index (χ1) is 9.84. The Morgan fingerprint density at radius 2 is 1.90 bits per heavy atom. The molecular weight excluding hydrogens is 252 g/mol. The standard InChI is InChI=1S/C15H20N4O/c20-15(16-9-4-12-19-13-5-10-18-19)17-11-8-14-6-2-1-3-7-14/h1-3,5-7,10,13H,4,8-9,11-12H2,(H2,16,17,20). The number of rotatable bonds is 7. The number of carbonyl (C=O) groups excluding carboxylic acids is 1. The molecule has 0 aliphatic heterocycles. The minimum absolute atomic E-state index is 0.110. The van der Waals surface area contributed by atoms with Gasteiger partial charge in [-0.25, -0.2) is 4.79 Å². The lowest BCUT2D eigenvalue weighted by Crippen LogP contribution is -2.37. The molecule has 2 N–H and O–H groups in total. The van der Waals surface area contributed by atoms with Gasteiger partial charge in [-0.05, 0) is 24.5 Å². The molecular formula is C15H20N4O. The van der Waals surface area contributed by atoms with Crippen molar-refractivity contribution in [3.63, 3.8) is 0 Å². The number of nitrogens with one attached hydrogen (secondary N) is 2. The number of aromatic nitrogens is 2. The summed E-state index contributed by atoms with van der Waals surface area (Å²) in [6.07, 6.45) is 5.39. The lowest BCUT2D eigenvalue weighted by Gasteiger charge is -2.07. The summed E-state index contributed by atoms with van der Waals surface area (Å²) in [5.41, 5.74) is 1.23. The van der Waals surface area contributed by atoms with Gasteiger partial charge in [0, 0.05) is 32.0 Å². The molecule has 5 heteroatoms. The van der Waals surface area contributed by atoms with Gasteiger partial charge in [0.1, 0.15) is 0 Å². The van der Waals surface area contributed by atoms with Gasteiger partial charge in [0.05, 0.1) is 0 Å². The average Bonchev–Trinajstić information content (AvgIpc) is 2.98. The van der Waals surface area contributed by atoms with Crippen LogP contribution in [0.4, 0.5) is 4.79 Å². The molecule has 0 fully saturated rings. The Hall–Kier alpha value is -2.30. The Morgan fingerprint density at radius 3 is 2.65 bits per heavy atom. The molecule has 5 nitrogen and oxygen atoms in total. The van der Waals surface area contributed by atoms with E-state index in [0.29, 0.717) is 13.1 Å². The van der Waals surface area contributed by atoms with E-state index in [2.05, 4.69) is 27.9 Å². The van der Waals surface area contributed by atoms with Crippen molar-refractivity contribution in [2.45, 2.75) is 19.4 Å². The van der Waals surface area contributed by atoms with Crippen LogP contribution in [0.25, 0.3) is 0 Å². The second kappa shape index (κ2) is 7.99. The van der Waals surface area contributed by atoms with Crippen LogP contribution in [0.15, 0.2) is 48.8 Å². The minimum atomic E-state index is -0.110. The van der Waals surface area contributed by atoms with Crippen LogP contribution in [0.3, 0.4) is 0 Å². The summed E-state index contributed by atoms with van der Waals surface area (Å²) in [7, 11) is 0. The fraction of sp³-hybridized carbons (Fsp3) is 0.333. The van der Waals surface area contributed by atoms with Crippen molar-refractivity contribution in [2.24, 2.45) is 0 Å². The Labute approximate surface area is 119 Å². The molecule has 0 aliphatic carbocycles. The fourth-order valence-electron chi connectivity index (χ4n) is 1.90. The number of nitrogens with zero attached hydrogens (tertiary/aromatic N) is 2. The van der Waals surface area contributed by atoms with Crippen molar-refractivity contribution in [3.05, 3.63) is 54.4 Å². The van der Waals surface area contributed by atoms with E-state index < -0.39 is 0 Å². The quantitative estimate of drug-likeness (QED) is 0.755. The first-order valence-electron chi connectivity index (χ1n) is 6.87. The molecule has 2 aromatic rings. The van der Waals surface area contributed by atoms with Crippen molar-refractivity contribution >= 4 is 6.03 Å². The molecule has 2 rings (SSSR count). The molecule has 106 valence electrons. The SMILES string of the molecule is O=C(NCCCn1cccn1)NCCc1ccccc1. The maximum Gasteiger partial charge on any atom is 0.314 e. The summed E-state index contributed by atoms with van der Waals surface area (Å²) >= 11 is 0. The van der Waals surface area contributed by atoms with Crippen LogP contribution >= 0.6 is 0 Å². The van der Waals surface area contributed by atoms with Gasteiger partial charge in [-0.3, -0.25) is 4.68 Å². The summed E-state index contributed by atoms with van der Waals surface area (Å²) in [6, 6.07) is 11.9. The monoisotopic (exact) mass is 272 g/mol. The highest BCUT2D eigenvalue weighted by Crippen LogP contribution is 1.97. The normalized spacial score (nSPS) is 10.2. The molecule has 0 radical (unpaired) electrons. The van der Waals surface area contributed by atoms with E-state index in [-0.39, 0.29) is 6.03 Å². The third-order valence-electron chi connectivity index (χ3n) is 2.95. The Morgan fingerprint density at radius 1 is 1.10 bits per heavy atom. The van der Waals surface area contributed by atoms with E-state index in [9.17, 15) is 4.79 Å². The first kappa shape index (κ1) is 14.1. The van der Waals surface area contributed by atoms with Gasteiger partial charge in [0.15, 0.2) is 0 Å². The topological polar surface area (TPSA) is 59.0 Å². The third-order valence-corrected chi connectivity index (χ3v) is 2.95.